The fraction of sp³-hybridized carbons (Fsp3) is 0.417. The monoisotopic (exact) mass is 256 g/mol. The third-order valence-electron chi connectivity index (χ3n) is 2.67. The Balaban J connectivity index is 1.90. The zero-order valence-corrected chi connectivity index (χ0v) is 9.71. The average Bonchev–Trinajstić information content (AvgIpc) is 2.37. The number of benzene rings is 1. The summed E-state index contributed by atoms with van der Waals surface area (Å²) in [5.41, 5.74) is -0.167. The summed E-state index contributed by atoms with van der Waals surface area (Å²) < 4.78 is 31.4. The van der Waals surface area contributed by atoms with Gasteiger partial charge >= 0.3 is 0 Å². The smallest absolute Gasteiger partial charge is 0.254 e. The Labute approximate surface area is 103 Å². The van der Waals surface area contributed by atoms with E-state index in [1.165, 1.54) is 0 Å². The Hall–Kier alpha value is -1.53. The van der Waals surface area contributed by atoms with Gasteiger partial charge in [0.05, 0.1) is 18.3 Å². The van der Waals surface area contributed by atoms with Gasteiger partial charge < -0.3 is 15.4 Å². The SMILES string of the molecule is O=C(NCC1CNCCO1)c1ccc(F)cc1F. The van der Waals surface area contributed by atoms with E-state index in [-0.39, 0.29) is 11.7 Å². The van der Waals surface area contributed by atoms with Crippen LogP contribution < -0.4 is 10.6 Å². The number of morpholine rings is 1. The van der Waals surface area contributed by atoms with Crippen molar-refractivity contribution in [3.8, 4) is 0 Å². The highest BCUT2D eigenvalue weighted by atomic mass is 19.1. The van der Waals surface area contributed by atoms with Crippen LogP contribution in [-0.4, -0.2) is 38.3 Å². The van der Waals surface area contributed by atoms with E-state index in [2.05, 4.69) is 10.6 Å². The molecule has 1 aromatic carbocycles. The van der Waals surface area contributed by atoms with Gasteiger partial charge in [-0.1, -0.05) is 0 Å². The first kappa shape index (κ1) is 12.9. The Morgan fingerprint density at radius 1 is 1.50 bits per heavy atom. The first-order chi connectivity index (χ1) is 8.66. The van der Waals surface area contributed by atoms with Crippen molar-refractivity contribution in [1.29, 1.82) is 0 Å². The molecule has 1 unspecified atom stereocenters. The van der Waals surface area contributed by atoms with Crippen molar-refractivity contribution in [2.75, 3.05) is 26.2 Å². The third-order valence-corrected chi connectivity index (χ3v) is 2.67. The highest BCUT2D eigenvalue weighted by Gasteiger charge is 2.16. The number of amides is 1. The number of hydrogen-bond acceptors (Lipinski definition) is 3. The maximum atomic E-state index is 13.3. The second-order valence-electron chi connectivity index (χ2n) is 4.03. The Bertz CT molecular complexity index is 434. The van der Waals surface area contributed by atoms with Crippen molar-refractivity contribution in [2.24, 2.45) is 0 Å². The number of hydrogen-bond donors (Lipinski definition) is 2. The summed E-state index contributed by atoms with van der Waals surface area (Å²) in [7, 11) is 0. The summed E-state index contributed by atoms with van der Waals surface area (Å²) in [5, 5.41) is 5.68. The van der Waals surface area contributed by atoms with Gasteiger partial charge in [0.1, 0.15) is 11.6 Å². The van der Waals surface area contributed by atoms with Gasteiger partial charge in [-0.05, 0) is 12.1 Å². The summed E-state index contributed by atoms with van der Waals surface area (Å²) >= 11 is 0. The van der Waals surface area contributed by atoms with Crippen molar-refractivity contribution < 1.29 is 18.3 Å². The molecule has 1 amide bonds. The third kappa shape index (κ3) is 3.24. The molecule has 1 saturated heterocycles. The molecule has 1 aliphatic heterocycles. The number of halogens is 2. The standard InChI is InChI=1S/C12H14F2N2O2/c13-8-1-2-10(11(14)5-8)12(17)16-7-9-6-15-3-4-18-9/h1-2,5,9,15H,3-4,6-7H2,(H,16,17). The number of carbonyl (C=O) groups is 1. The molecule has 1 fully saturated rings. The number of nitrogens with one attached hydrogen (secondary N) is 2. The van der Waals surface area contributed by atoms with Crippen molar-refractivity contribution in [3.63, 3.8) is 0 Å². The van der Waals surface area contributed by atoms with E-state index in [1.54, 1.807) is 0 Å². The van der Waals surface area contributed by atoms with Crippen molar-refractivity contribution in [2.45, 2.75) is 6.10 Å². The highest BCUT2D eigenvalue weighted by Crippen LogP contribution is 2.09. The van der Waals surface area contributed by atoms with E-state index >= 15 is 0 Å². The maximum absolute atomic E-state index is 13.3. The lowest BCUT2D eigenvalue weighted by Gasteiger charge is -2.23. The molecule has 0 radical (unpaired) electrons. The van der Waals surface area contributed by atoms with E-state index in [9.17, 15) is 13.6 Å². The Kier molecular flexibility index (Phi) is 4.22. The van der Waals surface area contributed by atoms with Gasteiger partial charge in [0.15, 0.2) is 0 Å². The number of ether oxygens (including phenoxy) is 1. The summed E-state index contributed by atoms with van der Waals surface area (Å²) in [6.07, 6.45) is -0.119. The lowest BCUT2D eigenvalue weighted by Crippen LogP contribution is -2.45. The van der Waals surface area contributed by atoms with Crippen LogP contribution in [0.15, 0.2) is 18.2 Å². The summed E-state index contributed by atoms with van der Waals surface area (Å²) in [6, 6.07) is 2.87. The van der Waals surface area contributed by atoms with Crippen LogP contribution in [0.2, 0.25) is 0 Å². The molecule has 6 heteroatoms. The lowest BCUT2D eigenvalue weighted by atomic mass is 10.2. The van der Waals surface area contributed by atoms with Crippen LogP contribution in [0, 0.1) is 11.6 Å². The Morgan fingerprint density at radius 2 is 2.33 bits per heavy atom. The van der Waals surface area contributed by atoms with Gasteiger partial charge in [-0.25, -0.2) is 8.78 Å². The zero-order chi connectivity index (χ0) is 13.0. The van der Waals surface area contributed by atoms with E-state index in [4.69, 9.17) is 4.74 Å². The Morgan fingerprint density at radius 3 is 3.00 bits per heavy atom. The predicted molar refractivity (Wildman–Crippen MR) is 61.3 cm³/mol. The van der Waals surface area contributed by atoms with Crippen LogP contribution in [0.4, 0.5) is 8.78 Å². The largest absolute Gasteiger partial charge is 0.374 e. The van der Waals surface area contributed by atoms with Crippen molar-refractivity contribution in [3.05, 3.63) is 35.4 Å². The summed E-state index contributed by atoms with van der Waals surface area (Å²) in [6.45, 7) is 2.32. The molecule has 0 spiro atoms. The molecule has 98 valence electrons. The molecule has 18 heavy (non-hydrogen) atoms. The van der Waals surface area contributed by atoms with Crippen molar-refractivity contribution in [1.82, 2.24) is 10.6 Å². The minimum absolute atomic E-state index is 0.119. The van der Waals surface area contributed by atoms with Crippen LogP contribution in [-0.2, 0) is 4.74 Å². The molecular weight excluding hydrogens is 242 g/mol. The van der Waals surface area contributed by atoms with E-state index < -0.39 is 17.5 Å². The minimum atomic E-state index is -0.866. The molecule has 0 bridgehead atoms. The summed E-state index contributed by atoms with van der Waals surface area (Å²) in [4.78, 5) is 11.7. The molecule has 2 N–H and O–H groups in total. The van der Waals surface area contributed by atoms with E-state index in [0.717, 1.165) is 18.7 Å². The van der Waals surface area contributed by atoms with E-state index in [0.29, 0.717) is 25.8 Å². The maximum Gasteiger partial charge on any atom is 0.254 e. The quantitative estimate of drug-likeness (QED) is 0.836. The summed E-state index contributed by atoms with van der Waals surface area (Å²) in [5.74, 6) is -2.14. The number of rotatable bonds is 3. The second kappa shape index (κ2) is 5.88. The topological polar surface area (TPSA) is 50.4 Å². The predicted octanol–water partition coefficient (Wildman–Crippen LogP) is 0.683. The van der Waals surface area contributed by atoms with Gasteiger partial charge in [-0.2, -0.15) is 0 Å². The molecule has 0 aromatic heterocycles. The average molecular weight is 256 g/mol. The van der Waals surface area contributed by atoms with Crippen molar-refractivity contribution >= 4 is 5.91 Å². The molecule has 0 aliphatic carbocycles. The van der Waals surface area contributed by atoms with E-state index in [1.807, 2.05) is 0 Å². The first-order valence-electron chi connectivity index (χ1n) is 5.72. The molecule has 4 nitrogen and oxygen atoms in total. The fourth-order valence-corrected chi connectivity index (χ4v) is 1.73. The van der Waals surface area contributed by atoms with Gasteiger partial charge in [-0.3, -0.25) is 4.79 Å². The molecule has 1 aromatic rings. The van der Waals surface area contributed by atoms with Crippen LogP contribution in [0.5, 0.6) is 0 Å². The molecule has 1 atom stereocenters. The van der Waals surface area contributed by atoms with Gasteiger partial charge in [0, 0.05) is 25.7 Å². The molecule has 1 aliphatic rings. The molecule has 1 heterocycles. The number of carbonyl (C=O) groups excluding carboxylic acids is 1. The van der Waals surface area contributed by atoms with Crippen LogP contribution in [0.3, 0.4) is 0 Å². The van der Waals surface area contributed by atoms with Crippen LogP contribution in [0.1, 0.15) is 10.4 Å². The zero-order valence-electron chi connectivity index (χ0n) is 9.71. The normalized spacial score (nSPS) is 19.6. The van der Waals surface area contributed by atoms with Gasteiger partial charge in [0.25, 0.3) is 5.91 Å². The minimum Gasteiger partial charge on any atom is -0.374 e. The van der Waals surface area contributed by atoms with Gasteiger partial charge in [-0.15, -0.1) is 0 Å². The van der Waals surface area contributed by atoms with Crippen LogP contribution in [0.25, 0.3) is 0 Å². The van der Waals surface area contributed by atoms with Crippen LogP contribution >= 0.6 is 0 Å². The second-order valence-corrected chi connectivity index (χ2v) is 4.03. The first-order valence-corrected chi connectivity index (χ1v) is 5.72. The van der Waals surface area contributed by atoms with Gasteiger partial charge in [0.2, 0.25) is 0 Å². The molecule has 2 rings (SSSR count). The highest BCUT2D eigenvalue weighted by molar-refractivity contribution is 5.94. The lowest BCUT2D eigenvalue weighted by molar-refractivity contribution is 0.0287. The molecule has 0 saturated carbocycles. The fourth-order valence-electron chi connectivity index (χ4n) is 1.73. The molecular formula is C12H14F2N2O2.